The fourth-order valence-electron chi connectivity index (χ4n) is 3.17. The molecule has 2 aromatic rings. The molecule has 2 heterocycles. The van der Waals surface area contributed by atoms with Gasteiger partial charge in [0, 0.05) is 38.0 Å². The number of benzene rings is 1. The number of carbonyl (C=O) groups excluding carboxylic acids is 1. The Balaban J connectivity index is 1.71. The lowest BCUT2D eigenvalue weighted by Gasteiger charge is -2.27. The Hall–Kier alpha value is -2.67. The average molecular weight is 483 g/mol. The van der Waals surface area contributed by atoms with Crippen LogP contribution in [-0.2, 0) is 28.0 Å². The number of nitrogens with one attached hydrogen (secondary N) is 1. The van der Waals surface area contributed by atoms with E-state index in [2.05, 4.69) is 10.3 Å². The molecular weight excluding hydrogens is 456 g/mol. The van der Waals surface area contributed by atoms with Gasteiger partial charge in [0.05, 0.1) is 33.6 Å². The molecule has 174 valence electrons. The second-order valence-electron chi connectivity index (χ2n) is 7.04. The highest BCUT2D eigenvalue weighted by atomic mass is 32.2. The van der Waals surface area contributed by atoms with Crippen LogP contribution in [0.25, 0.3) is 6.08 Å². The maximum absolute atomic E-state index is 12.4. The van der Waals surface area contributed by atoms with Crippen LogP contribution in [-0.4, -0.2) is 69.9 Å². The highest BCUT2D eigenvalue weighted by Gasteiger charge is 2.30. The van der Waals surface area contributed by atoms with E-state index >= 15 is 0 Å². The predicted octanol–water partition coefficient (Wildman–Crippen LogP) is 1.99. The molecule has 0 atom stereocenters. The lowest BCUT2D eigenvalue weighted by molar-refractivity contribution is -0.111. The van der Waals surface area contributed by atoms with E-state index in [9.17, 15) is 13.2 Å². The first-order chi connectivity index (χ1) is 15.2. The second-order valence-corrected chi connectivity index (χ2v) is 10.3. The van der Waals surface area contributed by atoms with Crippen molar-refractivity contribution in [2.45, 2.75) is 13.0 Å². The molecule has 1 aromatic heterocycles. The van der Waals surface area contributed by atoms with Crippen LogP contribution in [0.1, 0.15) is 16.1 Å². The summed E-state index contributed by atoms with van der Waals surface area (Å²) in [6.45, 7) is 0.594. The van der Waals surface area contributed by atoms with Gasteiger partial charge in [-0.25, -0.2) is 4.98 Å². The molecule has 3 rings (SSSR count). The van der Waals surface area contributed by atoms with Gasteiger partial charge in [0.25, 0.3) is 10.2 Å². The SMILES string of the molecule is COc1cc(/C=C/C(=O)Nc2nc3c(s2)CN(S(=O)(=O)N(C)C)CC3)cc(OC)c1OC. The number of carbonyl (C=O) groups is 1. The molecule has 1 aromatic carbocycles. The average Bonchev–Trinajstić information content (AvgIpc) is 3.17. The molecule has 0 aliphatic carbocycles. The van der Waals surface area contributed by atoms with Crippen molar-refractivity contribution in [2.75, 3.05) is 47.3 Å². The maximum Gasteiger partial charge on any atom is 0.281 e. The molecule has 1 amide bonds. The number of methoxy groups -OCH3 is 3. The number of anilines is 1. The van der Waals surface area contributed by atoms with Gasteiger partial charge >= 0.3 is 0 Å². The van der Waals surface area contributed by atoms with Crippen molar-refractivity contribution >= 4 is 38.7 Å². The molecule has 0 saturated carbocycles. The number of ether oxygens (including phenoxy) is 3. The van der Waals surface area contributed by atoms with E-state index < -0.39 is 10.2 Å². The van der Waals surface area contributed by atoms with Gasteiger partial charge in [-0.3, -0.25) is 10.1 Å². The summed E-state index contributed by atoms with van der Waals surface area (Å²) < 4.78 is 43.3. The van der Waals surface area contributed by atoms with E-state index in [0.717, 1.165) is 10.6 Å². The number of rotatable bonds is 8. The third-order valence-electron chi connectivity index (χ3n) is 4.83. The first kappa shape index (κ1) is 24.0. The highest BCUT2D eigenvalue weighted by molar-refractivity contribution is 7.86. The number of thiazole rings is 1. The Morgan fingerprint density at radius 2 is 1.84 bits per heavy atom. The lowest BCUT2D eigenvalue weighted by atomic mass is 10.1. The van der Waals surface area contributed by atoms with Gasteiger partial charge < -0.3 is 14.2 Å². The quantitative estimate of drug-likeness (QED) is 0.573. The Morgan fingerprint density at radius 1 is 1.19 bits per heavy atom. The molecule has 12 heteroatoms. The first-order valence-corrected chi connectivity index (χ1v) is 11.9. The molecule has 32 heavy (non-hydrogen) atoms. The number of fused-ring (bicyclic) bond motifs is 1. The monoisotopic (exact) mass is 482 g/mol. The van der Waals surface area contributed by atoms with Crippen molar-refractivity contribution in [1.29, 1.82) is 0 Å². The van der Waals surface area contributed by atoms with Crippen LogP contribution in [0.3, 0.4) is 0 Å². The Kier molecular flexibility index (Phi) is 7.39. The molecule has 0 radical (unpaired) electrons. The topological polar surface area (TPSA) is 110 Å². The Morgan fingerprint density at radius 3 is 2.41 bits per heavy atom. The molecule has 1 N–H and O–H groups in total. The second kappa shape index (κ2) is 9.86. The number of amides is 1. The van der Waals surface area contributed by atoms with Crippen molar-refractivity contribution in [2.24, 2.45) is 0 Å². The molecular formula is C20H26N4O6S2. The zero-order valence-corrected chi connectivity index (χ0v) is 20.2. The summed E-state index contributed by atoms with van der Waals surface area (Å²) in [6, 6.07) is 3.46. The minimum absolute atomic E-state index is 0.241. The van der Waals surface area contributed by atoms with Crippen molar-refractivity contribution < 1.29 is 27.4 Å². The number of aromatic nitrogens is 1. The predicted molar refractivity (Wildman–Crippen MR) is 123 cm³/mol. The summed E-state index contributed by atoms with van der Waals surface area (Å²) in [7, 11) is 4.07. The lowest BCUT2D eigenvalue weighted by Crippen LogP contribution is -2.42. The van der Waals surface area contributed by atoms with E-state index in [1.807, 2.05) is 0 Å². The summed E-state index contributed by atoms with van der Waals surface area (Å²) in [5.74, 6) is 1.08. The van der Waals surface area contributed by atoms with Gasteiger partial charge in [-0.1, -0.05) is 0 Å². The molecule has 0 fully saturated rings. The molecule has 1 aliphatic rings. The van der Waals surface area contributed by atoms with Gasteiger partial charge in [-0.05, 0) is 23.8 Å². The zero-order chi connectivity index (χ0) is 23.5. The maximum atomic E-state index is 12.4. The summed E-state index contributed by atoms with van der Waals surface area (Å²) in [6.07, 6.45) is 3.50. The fourth-order valence-corrected chi connectivity index (χ4v) is 5.35. The third-order valence-corrected chi connectivity index (χ3v) is 7.71. The van der Waals surface area contributed by atoms with E-state index in [1.54, 1.807) is 18.2 Å². The summed E-state index contributed by atoms with van der Waals surface area (Å²) in [5, 5.41) is 3.17. The third kappa shape index (κ3) is 5.04. The normalized spacial score (nSPS) is 14.4. The van der Waals surface area contributed by atoms with Crippen LogP contribution in [0.15, 0.2) is 18.2 Å². The van der Waals surface area contributed by atoms with Crippen LogP contribution in [0.5, 0.6) is 17.2 Å². The van der Waals surface area contributed by atoms with Crippen molar-refractivity contribution in [3.8, 4) is 17.2 Å². The van der Waals surface area contributed by atoms with Gasteiger partial charge in [-0.15, -0.1) is 11.3 Å². The van der Waals surface area contributed by atoms with Gasteiger partial charge in [0.1, 0.15) is 0 Å². The Labute approximate surface area is 191 Å². The van der Waals surface area contributed by atoms with Crippen LogP contribution in [0, 0.1) is 0 Å². The Bertz CT molecular complexity index is 1100. The number of nitrogens with zero attached hydrogens (tertiary/aromatic N) is 3. The summed E-state index contributed by atoms with van der Waals surface area (Å²) in [4.78, 5) is 17.7. The number of hydrogen-bond acceptors (Lipinski definition) is 8. The minimum atomic E-state index is -3.49. The van der Waals surface area contributed by atoms with Crippen LogP contribution in [0.4, 0.5) is 5.13 Å². The van der Waals surface area contributed by atoms with Crippen LogP contribution in [0.2, 0.25) is 0 Å². The van der Waals surface area contributed by atoms with Crippen LogP contribution < -0.4 is 19.5 Å². The van der Waals surface area contributed by atoms with E-state index in [0.29, 0.717) is 40.9 Å². The van der Waals surface area contributed by atoms with Crippen molar-refractivity contribution in [3.63, 3.8) is 0 Å². The smallest absolute Gasteiger partial charge is 0.281 e. The van der Waals surface area contributed by atoms with Gasteiger partial charge in [0.2, 0.25) is 11.7 Å². The molecule has 0 saturated heterocycles. The molecule has 0 bridgehead atoms. The first-order valence-electron chi connectivity index (χ1n) is 9.64. The highest BCUT2D eigenvalue weighted by Crippen LogP contribution is 2.38. The van der Waals surface area contributed by atoms with E-state index in [4.69, 9.17) is 14.2 Å². The minimum Gasteiger partial charge on any atom is -0.493 e. The largest absolute Gasteiger partial charge is 0.493 e. The van der Waals surface area contributed by atoms with Crippen LogP contribution >= 0.6 is 11.3 Å². The number of hydrogen-bond donors (Lipinski definition) is 1. The summed E-state index contributed by atoms with van der Waals surface area (Å²) in [5.41, 5.74) is 1.50. The summed E-state index contributed by atoms with van der Waals surface area (Å²) >= 11 is 1.28. The zero-order valence-electron chi connectivity index (χ0n) is 18.5. The van der Waals surface area contributed by atoms with Gasteiger partial charge in [-0.2, -0.15) is 17.0 Å². The molecule has 0 spiro atoms. The molecule has 0 unspecified atom stereocenters. The molecule has 10 nitrogen and oxygen atoms in total. The van der Waals surface area contributed by atoms with E-state index in [-0.39, 0.29) is 12.5 Å². The van der Waals surface area contributed by atoms with Crippen molar-refractivity contribution in [1.82, 2.24) is 13.6 Å². The fraction of sp³-hybridized carbons (Fsp3) is 0.400. The van der Waals surface area contributed by atoms with E-state index in [1.165, 1.54) is 61.4 Å². The molecule has 1 aliphatic heterocycles. The standard InChI is InChI=1S/C20H26N4O6S2/c1-23(2)32(26,27)24-9-8-14-17(12-24)31-20(21-14)22-18(25)7-6-13-10-15(28-3)19(30-5)16(11-13)29-4/h6-7,10-11H,8-9,12H2,1-5H3,(H,21,22,25)/b7-6+. The van der Waals surface area contributed by atoms with Crippen molar-refractivity contribution in [3.05, 3.63) is 34.3 Å². The van der Waals surface area contributed by atoms with Gasteiger partial charge in [0.15, 0.2) is 16.6 Å².